The average molecular weight is 474 g/mol. The minimum atomic E-state index is -1.41. The number of carboxylic acid groups (broad SMARTS) is 1. The SMILES string of the molecule is CC(C)(F)c1ccc2nc(-c3ccc(-c4ccc(N5CCC(CC(=O)O)CC5)nc4)nc3)[nH]c2c1. The lowest BCUT2D eigenvalue weighted by molar-refractivity contribution is -0.138. The summed E-state index contributed by atoms with van der Waals surface area (Å²) in [6.07, 6.45) is 5.57. The molecule has 0 bridgehead atoms. The van der Waals surface area contributed by atoms with Crippen molar-refractivity contribution in [3.05, 3.63) is 60.4 Å². The van der Waals surface area contributed by atoms with E-state index in [0.29, 0.717) is 11.4 Å². The van der Waals surface area contributed by atoms with Crippen LogP contribution in [0, 0.1) is 5.92 Å². The van der Waals surface area contributed by atoms with E-state index in [4.69, 9.17) is 5.11 Å². The Balaban J connectivity index is 1.28. The molecule has 0 unspecified atom stereocenters. The minimum Gasteiger partial charge on any atom is -0.481 e. The van der Waals surface area contributed by atoms with Crippen molar-refractivity contribution in [2.75, 3.05) is 18.0 Å². The van der Waals surface area contributed by atoms with Crippen molar-refractivity contribution in [3.8, 4) is 22.6 Å². The second-order valence-corrected chi connectivity index (χ2v) is 9.66. The van der Waals surface area contributed by atoms with Crippen LogP contribution in [0.25, 0.3) is 33.7 Å². The highest BCUT2D eigenvalue weighted by molar-refractivity contribution is 5.80. The fourth-order valence-corrected chi connectivity index (χ4v) is 4.56. The van der Waals surface area contributed by atoms with E-state index in [9.17, 15) is 9.18 Å². The number of carboxylic acids is 1. The molecule has 5 rings (SSSR count). The summed E-state index contributed by atoms with van der Waals surface area (Å²) in [7, 11) is 0. The molecule has 0 atom stereocenters. The number of nitrogens with one attached hydrogen (secondary N) is 1. The van der Waals surface area contributed by atoms with Crippen molar-refractivity contribution >= 4 is 22.8 Å². The van der Waals surface area contributed by atoms with Gasteiger partial charge in [0.2, 0.25) is 0 Å². The number of piperidine rings is 1. The maximum atomic E-state index is 14.3. The maximum Gasteiger partial charge on any atom is 0.303 e. The zero-order chi connectivity index (χ0) is 24.6. The Morgan fingerprint density at radius 1 is 1.09 bits per heavy atom. The zero-order valence-corrected chi connectivity index (χ0v) is 19.8. The number of hydrogen-bond acceptors (Lipinski definition) is 5. The van der Waals surface area contributed by atoms with Gasteiger partial charge in [0.15, 0.2) is 0 Å². The predicted molar refractivity (Wildman–Crippen MR) is 134 cm³/mol. The molecule has 0 aliphatic carbocycles. The third-order valence-corrected chi connectivity index (χ3v) is 6.65. The molecule has 0 amide bonds. The minimum absolute atomic E-state index is 0.243. The number of rotatable bonds is 6. The summed E-state index contributed by atoms with van der Waals surface area (Å²) in [5.41, 5.74) is 3.34. The lowest BCUT2D eigenvalue weighted by atomic mass is 9.93. The van der Waals surface area contributed by atoms with Crippen molar-refractivity contribution < 1.29 is 14.3 Å². The van der Waals surface area contributed by atoms with Crippen LogP contribution in [0.4, 0.5) is 10.2 Å². The van der Waals surface area contributed by atoms with Gasteiger partial charge in [0.1, 0.15) is 17.3 Å². The van der Waals surface area contributed by atoms with E-state index < -0.39 is 11.6 Å². The third-order valence-electron chi connectivity index (χ3n) is 6.65. The zero-order valence-electron chi connectivity index (χ0n) is 19.8. The van der Waals surface area contributed by atoms with Gasteiger partial charge in [-0.2, -0.15) is 0 Å². The molecule has 8 heteroatoms. The van der Waals surface area contributed by atoms with Crippen LogP contribution in [0.5, 0.6) is 0 Å². The van der Waals surface area contributed by atoms with Gasteiger partial charge in [0.05, 0.1) is 16.7 Å². The van der Waals surface area contributed by atoms with Crippen LogP contribution >= 0.6 is 0 Å². The average Bonchev–Trinajstić information content (AvgIpc) is 3.28. The van der Waals surface area contributed by atoms with Gasteiger partial charge in [0.25, 0.3) is 0 Å². The van der Waals surface area contributed by atoms with Gasteiger partial charge in [-0.05, 0) is 74.6 Å². The Hall–Kier alpha value is -3.81. The van der Waals surface area contributed by atoms with Gasteiger partial charge in [-0.3, -0.25) is 9.78 Å². The van der Waals surface area contributed by atoms with Crippen molar-refractivity contribution in [1.29, 1.82) is 0 Å². The van der Waals surface area contributed by atoms with Gasteiger partial charge in [-0.25, -0.2) is 14.4 Å². The molecule has 1 saturated heterocycles. The number of pyridine rings is 2. The number of benzene rings is 1. The highest BCUT2D eigenvalue weighted by atomic mass is 19.1. The summed E-state index contributed by atoms with van der Waals surface area (Å²) in [6, 6.07) is 13.3. The molecular weight excluding hydrogens is 445 g/mol. The standard InChI is InChI=1S/C27H28FN5O2/c1-27(2,28)20-5-7-22-23(14-20)32-26(31-22)19-3-6-21(29-16-19)18-4-8-24(30-15-18)33-11-9-17(10-12-33)13-25(34)35/h3-8,14-17H,9-13H2,1-2H3,(H,31,32)(H,34,35). The van der Waals surface area contributed by atoms with E-state index >= 15 is 0 Å². The molecule has 4 aromatic rings. The number of aliphatic carboxylic acids is 1. The van der Waals surface area contributed by atoms with Crippen molar-refractivity contribution in [1.82, 2.24) is 19.9 Å². The van der Waals surface area contributed by atoms with Crippen molar-refractivity contribution in [2.24, 2.45) is 5.92 Å². The summed E-state index contributed by atoms with van der Waals surface area (Å²) in [5.74, 6) is 1.11. The summed E-state index contributed by atoms with van der Waals surface area (Å²) < 4.78 is 14.3. The van der Waals surface area contributed by atoms with E-state index in [0.717, 1.165) is 59.6 Å². The van der Waals surface area contributed by atoms with Crippen molar-refractivity contribution in [3.63, 3.8) is 0 Å². The molecule has 2 N–H and O–H groups in total. The molecule has 0 saturated carbocycles. The first kappa shape index (κ1) is 23.0. The maximum absolute atomic E-state index is 14.3. The molecule has 1 aliphatic heterocycles. The van der Waals surface area contributed by atoms with Crippen LogP contribution in [0.15, 0.2) is 54.9 Å². The largest absolute Gasteiger partial charge is 0.481 e. The molecule has 0 radical (unpaired) electrons. The fourth-order valence-electron chi connectivity index (χ4n) is 4.56. The van der Waals surface area contributed by atoms with Crippen molar-refractivity contribution in [2.45, 2.75) is 38.8 Å². The Morgan fingerprint density at radius 2 is 1.83 bits per heavy atom. The van der Waals surface area contributed by atoms with E-state index in [-0.39, 0.29) is 12.3 Å². The Kier molecular flexibility index (Phi) is 5.96. The normalized spacial score (nSPS) is 15.0. The summed E-state index contributed by atoms with van der Waals surface area (Å²) >= 11 is 0. The number of nitrogens with zero attached hydrogens (tertiary/aromatic N) is 4. The van der Waals surface area contributed by atoms with Crippen LogP contribution in [-0.2, 0) is 10.5 Å². The van der Waals surface area contributed by atoms with Gasteiger partial charge < -0.3 is 15.0 Å². The third kappa shape index (κ3) is 5.01. The number of hydrogen-bond donors (Lipinski definition) is 2. The number of alkyl halides is 1. The molecule has 35 heavy (non-hydrogen) atoms. The molecule has 7 nitrogen and oxygen atoms in total. The molecule has 4 heterocycles. The summed E-state index contributed by atoms with van der Waals surface area (Å²) in [4.78, 5) is 30.3. The quantitative estimate of drug-likeness (QED) is 0.379. The number of fused-ring (bicyclic) bond motifs is 1. The molecular formula is C27H28FN5O2. The van der Waals surface area contributed by atoms with E-state index in [2.05, 4.69) is 24.8 Å². The second-order valence-electron chi connectivity index (χ2n) is 9.66. The number of imidazole rings is 1. The number of anilines is 1. The Bertz CT molecular complexity index is 1340. The lowest BCUT2D eigenvalue weighted by Crippen LogP contribution is -2.34. The fraction of sp³-hybridized carbons (Fsp3) is 0.333. The lowest BCUT2D eigenvalue weighted by Gasteiger charge is -2.32. The van der Waals surface area contributed by atoms with E-state index in [1.54, 1.807) is 32.2 Å². The van der Waals surface area contributed by atoms with E-state index in [1.165, 1.54) is 0 Å². The van der Waals surface area contributed by atoms with Crippen LogP contribution in [0.3, 0.4) is 0 Å². The van der Waals surface area contributed by atoms with Gasteiger partial charge in [-0.1, -0.05) is 6.07 Å². The summed E-state index contributed by atoms with van der Waals surface area (Å²) in [5, 5.41) is 8.99. The number of H-pyrrole nitrogens is 1. The van der Waals surface area contributed by atoms with Gasteiger partial charge >= 0.3 is 5.97 Å². The van der Waals surface area contributed by atoms with Gasteiger partial charge in [0, 0.05) is 43.0 Å². The van der Waals surface area contributed by atoms with Gasteiger partial charge in [-0.15, -0.1) is 0 Å². The number of aromatic amines is 1. The van der Waals surface area contributed by atoms with Crippen LogP contribution < -0.4 is 4.90 Å². The first-order chi connectivity index (χ1) is 16.8. The van der Waals surface area contributed by atoms with E-state index in [1.807, 2.05) is 36.5 Å². The molecule has 1 fully saturated rings. The molecule has 0 spiro atoms. The highest BCUT2D eigenvalue weighted by Crippen LogP contribution is 2.29. The second kappa shape index (κ2) is 9.09. The monoisotopic (exact) mass is 473 g/mol. The topological polar surface area (TPSA) is 95.0 Å². The predicted octanol–water partition coefficient (Wildman–Crippen LogP) is 5.58. The van der Waals surface area contributed by atoms with Crippen LogP contribution in [0.2, 0.25) is 0 Å². The van der Waals surface area contributed by atoms with Crippen LogP contribution in [0.1, 0.15) is 38.7 Å². The molecule has 3 aromatic heterocycles. The van der Waals surface area contributed by atoms with Crippen LogP contribution in [-0.4, -0.2) is 44.1 Å². The Morgan fingerprint density at radius 3 is 2.46 bits per heavy atom. The number of aromatic nitrogens is 4. The Labute approximate surface area is 203 Å². The number of halogens is 1. The smallest absolute Gasteiger partial charge is 0.303 e. The molecule has 180 valence electrons. The number of carbonyl (C=O) groups is 1. The first-order valence-electron chi connectivity index (χ1n) is 11.8. The molecule has 1 aliphatic rings. The highest BCUT2D eigenvalue weighted by Gasteiger charge is 2.22. The summed E-state index contributed by atoms with van der Waals surface area (Å²) in [6.45, 7) is 4.72. The molecule has 1 aromatic carbocycles. The first-order valence-corrected chi connectivity index (χ1v) is 11.8.